The molecule has 2 aromatic rings. The number of halogens is 3. The summed E-state index contributed by atoms with van der Waals surface area (Å²) in [6.45, 7) is 3.39. The third-order valence-electron chi connectivity index (χ3n) is 5.37. The van der Waals surface area contributed by atoms with Crippen LogP contribution in [0.5, 0.6) is 5.75 Å². The van der Waals surface area contributed by atoms with Crippen molar-refractivity contribution in [1.29, 1.82) is 5.26 Å². The first-order valence-corrected chi connectivity index (χ1v) is 10.1. The number of benzene rings is 2. The molecule has 0 spiro atoms. The third kappa shape index (κ3) is 3.66. The van der Waals surface area contributed by atoms with Crippen molar-refractivity contribution in [2.24, 2.45) is 0 Å². The van der Waals surface area contributed by atoms with Gasteiger partial charge >= 0.3 is 12.1 Å². The van der Waals surface area contributed by atoms with Crippen LogP contribution in [-0.4, -0.2) is 35.7 Å². The largest absolute Gasteiger partial charge is 0.489 e. The maximum atomic E-state index is 13.5. The van der Waals surface area contributed by atoms with Crippen molar-refractivity contribution >= 4 is 40.6 Å². The fourth-order valence-electron chi connectivity index (χ4n) is 3.76. The van der Waals surface area contributed by atoms with Gasteiger partial charge < -0.3 is 14.4 Å². The average molecular weight is 475 g/mol. The minimum Gasteiger partial charge on any atom is -0.489 e. The van der Waals surface area contributed by atoms with E-state index in [1.54, 1.807) is 19.9 Å². The molecule has 0 aromatic heterocycles. The number of carbonyl (C=O) groups is 2. The van der Waals surface area contributed by atoms with E-state index in [4.69, 9.17) is 27.0 Å². The molecule has 0 aliphatic carbocycles. The molecule has 7 nitrogen and oxygen atoms in total. The number of nitriles is 1. The summed E-state index contributed by atoms with van der Waals surface area (Å²) < 4.78 is 51.0. The maximum Gasteiger partial charge on any atom is 0.417 e. The van der Waals surface area contributed by atoms with Gasteiger partial charge in [0.2, 0.25) is 0 Å². The summed E-state index contributed by atoms with van der Waals surface area (Å²) in [5.74, 6) is -0.856. The van der Waals surface area contributed by atoms with Crippen molar-refractivity contribution < 1.29 is 32.2 Å². The number of anilines is 2. The summed E-state index contributed by atoms with van der Waals surface area (Å²) in [6.07, 6.45) is -4.79. The Balaban J connectivity index is 1.79. The van der Waals surface area contributed by atoms with E-state index >= 15 is 0 Å². The molecule has 4 rings (SSSR count). The van der Waals surface area contributed by atoms with E-state index in [1.165, 1.54) is 29.2 Å². The molecule has 1 amide bonds. The molecule has 2 aromatic carbocycles. The molecular formula is C22H16F3N3O4S. The zero-order chi connectivity index (χ0) is 24.1. The lowest BCUT2D eigenvalue weighted by molar-refractivity contribution is -0.137. The van der Waals surface area contributed by atoms with Crippen molar-refractivity contribution in [3.8, 4) is 11.8 Å². The van der Waals surface area contributed by atoms with E-state index in [0.29, 0.717) is 5.69 Å². The fraction of sp³-hybridized carbons (Fsp3) is 0.273. The van der Waals surface area contributed by atoms with Crippen molar-refractivity contribution in [2.75, 3.05) is 23.0 Å². The van der Waals surface area contributed by atoms with Gasteiger partial charge in [-0.15, -0.1) is 0 Å². The first-order valence-electron chi connectivity index (χ1n) is 9.71. The Morgan fingerprint density at radius 1 is 1.06 bits per heavy atom. The summed E-state index contributed by atoms with van der Waals surface area (Å²) in [4.78, 5) is 27.8. The Hall–Kier alpha value is -3.65. The van der Waals surface area contributed by atoms with Crippen LogP contribution in [0.1, 0.15) is 35.3 Å². The summed E-state index contributed by atoms with van der Waals surface area (Å²) in [7, 11) is 0. The van der Waals surface area contributed by atoms with Crippen LogP contribution < -0.4 is 14.5 Å². The Morgan fingerprint density at radius 3 is 2.39 bits per heavy atom. The summed E-state index contributed by atoms with van der Waals surface area (Å²) >= 11 is 5.51. The van der Waals surface area contributed by atoms with Gasteiger partial charge in [0.1, 0.15) is 30.1 Å². The minimum atomic E-state index is -4.79. The van der Waals surface area contributed by atoms with Crippen LogP contribution in [0.4, 0.5) is 24.5 Å². The second-order valence-electron chi connectivity index (χ2n) is 7.82. The standard InChI is InChI=1S/C22H16F3N3O4S/c1-21(2)19(30)27(13-4-3-12(11-26)16(9-13)22(23,24)25)20(33)28(21)14-5-6-15-17(10-14)31-7-8-32-18(15)29/h3-6,9-10H,7-8H2,1-2H3. The molecule has 0 saturated carbocycles. The SMILES string of the molecule is CC1(C)C(=O)N(c2ccc(C#N)c(C(F)(F)F)c2)C(=S)N1c1ccc2c(c1)OCCOC2=O. The number of amides is 1. The molecule has 11 heteroatoms. The van der Waals surface area contributed by atoms with Crippen molar-refractivity contribution in [1.82, 2.24) is 0 Å². The normalized spacial score (nSPS) is 17.8. The maximum absolute atomic E-state index is 13.5. The highest BCUT2D eigenvalue weighted by Crippen LogP contribution is 2.40. The zero-order valence-corrected chi connectivity index (χ0v) is 18.2. The molecule has 0 radical (unpaired) electrons. The number of hydrogen-bond acceptors (Lipinski definition) is 6. The number of carbonyl (C=O) groups excluding carboxylic acids is 2. The average Bonchev–Trinajstić information content (AvgIpc) is 2.86. The van der Waals surface area contributed by atoms with Crippen LogP contribution in [0, 0.1) is 11.3 Å². The first kappa shape index (κ1) is 22.5. The Morgan fingerprint density at radius 2 is 1.73 bits per heavy atom. The van der Waals surface area contributed by atoms with Crippen LogP contribution in [0.15, 0.2) is 36.4 Å². The Kier molecular flexibility index (Phi) is 5.29. The van der Waals surface area contributed by atoms with Gasteiger partial charge in [-0.05, 0) is 56.4 Å². The summed E-state index contributed by atoms with van der Waals surface area (Å²) in [5, 5.41) is 8.99. The number of rotatable bonds is 2. The quantitative estimate of drug-likeness (QED) is 0.479. The highest BCUT2D eigenvalue weighted by atomic mass is 32.1. The molecule has 0 atom stereocenters. The molecule has 2 aliphatic rings. The van der Waals surface area contributed by atoms with Crippen molar-refractivity contribution in [3.63, 3.8) is 0 Å². The van der Waals surface area contributed by atoms with E-state index in [1.807, 2.05) is 0 Å². The fourth-order valence-corrected chi connectivity index (χ4v) is 4.28. The molecule has 2 heterocycles. The van der Waals surface area contributed by atoms with Gasteiger partial charge in [0.25, 0.3) is 5.91 Å². The zero-order valence-electron chi connectivity index (χ0n) is 17.4. The number of thiocarbonyl (C=S) groups is 1. The molecule has 0 unspecified atom stereocenters. The van der Waals surface area contributed by atoms with Gasteiger partial charge in [-0.1, -0.05) is 0 Å². The van der Waals surface area contributed by atoms with Gasteiger partial charge in [-0.2, -0.15) is 18.4 Å². The molecular weight excluding hydrogens is 459 g/mol. The Labute approximate surface area is 191 Å². The Bertz CT molecular complexity index is 1240. The number of alkyl halides is 3. The molecule has 2 aliphatic heterocycles. The monoisotopic (exact) mass is 475 g/mol. The highest BCUT2D eigenvalue weighted by Gasteiger charge is 2.51. The predicted octanol–water partition coefficient (Wildman–Crippen LogP) is 4.04. The van der Waals surface area contributed by atoms with Gasteiger partial charge in [-0.25, -0.2) is 4.79 Å². The number of ether oxygens (including phenoxy) is 2. The molecule has 0 bridgehead atoms. The topological polar surface area (TPSA) is 82.9 Å². The van der Waals surface area contributed by atoms with Gasteiger partial charge in [-0.3, -0.25) is 9.69 Å². The van der Waals surface area contributed by atoms with Gasteiger partial charge in [0, 0.05) is 11.8 Å². The van der Waals surface area contributed by atoms with Crippen LogP contribution in [-0.2, 0) is 15.7 Å². The second-order valence-corrected chi connectivity index (χ2v) is 8.19. The lowest BCUT2D eigenvalue weighted by Gasteiger charge is -2.29. The molecule has 33 heavy (non-hydrogen) atoms. The van der Waals surface area contributed by atoms with Crippen LogP contribution >= 0.6 is 12.2 Å². The number of cyclic esters (lactones) is 1. The van der Waals surface area contributed by atoms with E-state index in [-0.39, 0.29) is 35.3 Å². The van der Waals surface area contributed by atoms with Crippen molar-refractivity contribution in [2.45, 2.75) is 25.6 Å². The number of nitrogens with zero attached hydrogens (tertiary/aromatic N) is 3. The van der Waals surface area contributed by atoms with Crippen LogP contribution in [0.2, 0.25) is 0 Å². The van der Waals surface area contributed by atoms with E-state index in [9.17, 15) is 22.8 Å². The molecule has 170 valence electrons. The van der Waals surface area contributed by atoms with Crippen LogP contribution in [0.25, 0.3) is 0 Å². The molecule has 1 saturated heterocycles. The predicted molar refractivity (Wildman–Crippen MR) is 115 cm³/mol. The van der Waals surface area contributed by atoms with E-state index < -0.39 is 34.7 Å². The number of fused-ring (bicyclic) bond motifs is 1. The molecule has 1 fully saturated rings. The van der Waals surface area contributed by atoms with Crippen LogP contribution in [0.3, 0.4) is 0 Å². The van der Waals surface area contributed by atoms with Gasteiger partial charge in [0.05, 0.1) is 22.9 Å². The highest BCUT2D eigenvalue weighted by molar-refractivity contribution is 7.81. The van der Waals surface area contributed by atoms with Gasteiger partial charge in [0.15, 0.2) is 5.11 Å². The smallest absolute Gasteiger partial charge is 0.417 e. The number of hydrogen-bond donors (Lipinski definition) is 0. The minimum absolute atomic E-state index is 0.0565. The lowest BCUT2D eigenvalue weighted by Crippen LogP contribution is -2.44. The first-order chi connectivity index (χ1) is 15.5. The summed E-state index contributed by atoms with van der Waals surface area (Å²) in [5.41, 5.74) is -2.46. The van der Waals surface area contributed by atoms with E-state index in [2.05, 4.69) is 0 Å². The molecule has 0 N–H and O–H groups in total. The third-order valence-corrected chi connectivity index (χ3v) is 5.74. The van der Waals surface area contributed by atoms with Crippen molar-refractivity contribution in [3.05, 3.63) is 53.1 Å². The number of esters is 1. The summed E-state index contributed by atoms with van der Waals surface area (Å²) in [6, 6.07) is 9.07. The second kappa shape index (κ2) is 7.74. The lowest BCUT2D eigenvalue weighted by atomic mass is 10.0. The van der Waals surface area contributed by atoms with E-state index in [0.717, 1.165) is 17.0 Å².